The van der Waals surface area contributed by atoms with E-state index in [-0.39, 0.29) is 5.91 Å². The lowest BCUT2D eigenvalue weighted by Crippen LogP contribution is -2.40. The number of rotatable bonds is 2. The van der Waals surface area contributed by atoms with Gasteiger partial charge in [-0.3, -0.25) is 4.79 Å². The highest BCUT2D eigenvalue weighted by molar-refractivity contribution is 6.09. The number of nitrogens with zero attached hydrogens (tertiary/aromatic N) is 3. The minimum atomic E-state index is -0.0321. The molecule has 0 N–H and O–H groups in total. The molecule has 1 aromatic carbocycles. The van der Waals surface area contributed by atoms with Crippen molar-refractivity contribution in [1.82, 2.24) is 15.0 Å². The van der Waals surface area contributed by atoms with E-state index in [1.807, 2.05) is 49.1 Å². The van der Waals surface area contributed by atoms with E-state index < -0.39 is 0 Å². The maximum atomic E-state index is 13.1. The van der Waals surface area contributed by atoms with Crippen LogP contribution in [0.4, 0.5) is 0 Å². The van der Waals surface area contributed by atoms with Gasteiger partial charge in [0.15, 0.2) is 0 Å². The predicted molar refractivity (Wildman–Crippen MR) is 93.4 cm³/mol. The van der Waals surface area contributed by atoms with Gasteiger partial charge in [-0.05, 0) is 19.9 Å². The lowest BCUT2D eigenvalue weighted by molar-refractivity contribution is 0.0304. The number of pyridine rings is 1. The summed E-state index contributed by atoms with van der Waals surface area (Å²) in [5.74, 6) is -0.0321. The molecule has 1 saturated heterocycles. The second kappa shape index (κ2) is 6.29. The second-order valence-electron chi connectivity index (χ2n) is 6.29. The second-order valence-corrected chi connectivity index (χ2v) is 6.29. The zero-order valence-electron chi connectivity index (χ0n) is 14.3. The van der Waals surface area contributed by atoms with Crippen LogP contribution < -0.4 is 0 Å². The molecule has 0 unspecified atom stereocenters. The van der Waals surface area contributed by atoms with E-state index in [0.29, 0.717) is 48.7 Å². The molecule has 6 heteroatoms. The zero-order valence-corrected chi connectivity index (χ0v) is 14.3. The monoisotopic (exact) mass is 337 g/mol. The van der Waals surface area contributed by atoms with E-state index in [9.17, 15) is 4.79 Å². The number of amides is 1. The standard InChI is InChI=1S/C19H19N3O3/c1-12-3-5-14(6-4-12)17-16-15(11-13(2)20-18(16)25-21-17)19(23)22-7-9-24-10-8-22/h3-6,11H,7-10H2,1-2H3. The van der Waals surface area contributed by atoms with Gasteiger partial charge in [0.1, 0.15) is 5.69 Å². The number of fused-ring (bicyclic) bond motifs is 1. The molecule has 3 aromatic rings. The Labute approximate surface area is 145 Å². The molecule has 1 amide bonds. The van der Waals surface area contributed by atoms with Gasteiger partial charge in [-0.2, -0.15) is 0 Å². The maximum absolute atomic E-state index is 13.1. The van der Waals surface area contributed by atoms with Crippen molar-refractivity contribution in [2.24, 2.45) is 0 Å². The van der Waals surface area contributed by atoms with Gasteiger partial charge in [0, 0.05) is 24.3 Å². The smallest absolute Gasteiger partial charge is 0.259 e. The van der Waals surface area contributed by atoms with Crippen molar-refractivity contribution in [3.63, 3.8) is 0 Å². The Kier molecular flexibility index (Phi) is 3.97. The largest absolute Gasteiger partial charge is 0.378 e. The fraction of sp³-hybridized carbons (Fsp3) is 0.316. The predicted octanol–water partition coefficient (Wildman–Crippen LogP) is 2.98. The van der Waals surface area contributed by atoms with Gasteiger partial charge >= 0.3 is 0 Å². The summed E-state index contributed by atoms with van der Waals surface area (Å²) in [6.45, 7) is 6.19. The molecule has 128 valence electrons. The van der Waals surface area contributed by atoms with Crippen LogP contribution in [0.15, 0.2) is 34.9 Å². The van der Waals surface area contributed by atoms with Gasteiger partial charge in [0.25, 0.3) is 11.6 Å². The number of carbonyl (C=O) groups is 1. The Morgan fingerprint density at radius 2 is 1.84 bits per heavy atom. The maximum Gasteiger partial charge on any atom is 0.259 e. The van der Waals surface area contributed by atoms with Crippen LogP contribution >= 0.6 is 0 Å². The molecule has 1 aliphatic rings. The first-order chi connectivity index (χ1) is 12.1. The quantitative estimate of drug-likeness (QED) is 0.719. The summed E-state index contributed by atoms with van der Waals surface area (Å²) in [5.41, 5.74) is 4.43. The van der Waals surface area contributed by atoms with E-state index in [0.717, 1.165) is 16.8 Å². The SMILES string of the molecule is Cc1ccc(-c2noc3nc(C)cc(C(=O)N4CCOCC4)c23)cc1. The van der Waals surface area contributed by atoms with Crippen molar-refractivity contribution < 1.29 is 14.1 Å². The van der Waals surface area contributed by atoms with Crippen LogP contribution in [-0.4, -0.2) is 47.3 Å². The lowest BCUT2D eigenvalue weighted by atomic mass is 10.0. The normalized spacial score (nSPS) is 14.9. The van der Waals surface area contributed by atoms with Gasteiger partial charge in [-0.1, -0.05) is 35.0 Å². The molecule has 0 spiro atoms. The van der Waals surface area contributed by atoms with E-state index in [2.05, 4.69) is 10.1 Å². The van der Waals surface area contributed by atoms with Crippen LogP contribution in [-0.2, 0) is 4.74 Å². The summed E-state index contributed by atoms with van der Waals surface area (Å²) >= 11 is 0. The Balaban J connectivity index is 1.86. The molecule has 0 saturated carbocycles. The van der Waals surface area contributed by atoms with Crippen molar-refractivity contribution in [3.8, 4) is 11.3 Å². The minimum absolute atomic E-state index is 0.0321. The summed E-state index contributed by atoms with van der Waals surface area (Å²) in [6.07, 6.45) is 0. The summed E-state index contributed by atoms with van der Waals surface area (Å²) < 4.78 is 10.8. The van der Waals surface area contributed by atoms with Gasteiger partial charge < -0.3 is 14.2 Å². The third kappa shape index (κ3) is 2.89. The van der Waals surface area contributed by atoms with E-state index in [4.69, 9.17) is 9.26 Å². The molecule has 2 aromatic heterocycles. The highest BCUT2D eigenvalue weighted by Crippen LogP contribution is 2.31. The molecule has 1 aliphatic heterocycles. The van der Waals surface area contributed by atoms with Crippen molar-refractivity contribution in [2.45, 2.75) is 13.8 Å². The van der Waals surface area contributed by atoms with Crippen LogP contribution in [0, 0.1) is 13.8 Å². The number of hydrogen-bond donors (Lipinski definition) is 0. The number of morpholine rings is 1. The third-order valence-corrected chi connectivity index (χ3v) is 4.43. The first-order valence-corrected chi connectivity index (χ1v) is 8.34. The summed E-state index contributed by atoms with van der Waals surface area (Å²) in [6, 6.07) is 9.81. The molecule has 1 fully saturated rings. The first kappa shape index (κ1) is 15.8. The van der Waals surface area contributed by atoms with Crippen LogP contribution in [0.1, 0.15) is 21.6 Å². The number of hydrogen-bond acceptors (Lipinski definition) is 5. The van der Waals surface area contributed by atoms with Gasteiger partial charge in [-0.25, -0.2) is 4.98 Å². The molecular formula is C19H19N3O3. The van der Waals surface area contributed by atoms with Crippen LogP contribution in [0.25, 0.3) is 22.4 Å². The molecule has 6 nitrogen and oxygen atoms in total. The Morgan fingerprint density at radius 1 is 1.12 bits per heavy atom. The average Bonchev–Trinajstić information content (AvgIpc) is 3.05. The Hall–Kier alpha value is -2.73. The van der Waals surface area contributed by atoms with Crippen molar-refractivity contribution in [1.29, 1.82) is 0 Å². The van der Waals surface area contributed by atoms with Crippen LogP contribution in [0.5, 0.6) is 0 Å². The van der Waals surface area contributed by atoms with Gasteiger partial charge in [0.2, 0.25) is 0 Å². The fourth-order valence-electron chi connectivity index (χ4n) is 3.09. The minimum Gasteiger partial charge on any atom is -0.378 e. The average molecular weight is 337 g/mol. The molecule has 0 bridgehead atoms. The van der Waals surface area contributed by atoms with E-state index in [1.165, 1.54) is 0 Å². The fourth-order valence-corrected chi connectivity index (χ4v) is 3.09. The summed E-state index contributed by atoms with van der Waals surface area (Å²) in [4.78, 5) is 19.3. The van der Waals surface area contributed by atoms with Crippen LogP contribution in [0.3, 0.4) is 0 Å². The van der Waals surface area contributed by atoms with Gasteiger partial charge in [0.05, 0.1) is 24.2 Å². The molecule has 0 radical (unpaired) electrons. The molecule has 4 rings (SSSR count). The zero-order chi connectivity index (χ0) is 17.4. The highest BCUT2D eigenvalue weighted by Gasteiger charge is 2.25. The Bertz CT molecular complexity index is 925. The number of ether oxygens (including phenoxy) is 1. The molecular weight excluding hydrogens is 318 g/mol. The Morgan fingerprint density at radius 3 is 2.56 bits per heavy atom. The van der Waals surface area contributed by atoms with Gasteiger partial charge in [-0.15, -0.1) is 0 Å². The summed E-state index contributed by atoms with van der Waals surface area (Å²) in [5, 5.41) is 4.86. The molecule has 0 aliphatic carbocycles. The summed E-state index contributed by atoms with van der Waals surface area (Å²) in [7, 11) is 0. The van der Waals surface area contributed by atoms with Crippen molar-refractivity contribution in [2.75, 3.05) is 26.3 Å². The highest BCUT2D eigenvalue weighted by atomic mass is 16.5. The molecule has 25 heavy (non-hydrogen) atoms. The van der Waals surface area contributed by atoms with E-state index >= 15 is 0 Å². The van der Waals surface area contributed by atoms with Crippen molar-refractivity contribution in [3.05, 3.63) is 47.2 Å². The van der Waals surface area contributed by atoms with E-state index in [1.54, 1.807) is 0 Å². The number of carbonyl (C=O) groups excluding carboxylic acids is 1. The number of benzene rings is 1. The topological polar surface area (TPSA) is 68.5 Å². The molecule has 0 atom stereocenters. The molecule has 3 heterocycles. The number of aryl methyl sites for hydroxylation is 2. The van der Waals surface area contributed by atoms with Crippen LogP contribution in [0.2, 0.25) is 0 Å². The first-order valence-electron chi connectivity index (χ1n) is 8.34. The lowest BCUT2D eigenvalue weighted by Gasteiger charge is -2.27. The van der Waals surface area contributed by atoms with Crippen molar-refractivity contribution >= 4 is 17.0 Å². The number of aromatic nitrogens is 2. The third-order valence-electron chi connectivity index (χ3n) is 4.43.